The van der Waals surface area contributed by atoms with Gasteiger partial charge in [0.1, 0.15) is 5.75 Å². The number of nitrogens with one attached hydrogen (secondary N) is 1. The van der Waals surface area contributed by atoms with E-state index in [1.807, 2.05) is 6.07 Å². The minimum atomic E-state index is 0.914. The topological polar surface area (TPSA) is 34.2 Å². The third-order valence-corrected chi connectivity index (χ3v) is 4.35. The second kappa shape index (κ2) is 6.44. The highest BCUT2D eigenvalue weighted by Crippen LogP contribution is 2.31. The zero-order valence-electron chi connectivity index (χ0n) is 13.0. The molecule has 3 nitrogen and oxygen atoms in total. The van der Waals surface area contributed by atoms with E-state index < -0.39 is 0 Å². The number of ether oxygens (including phenoxy) is 1. The van der Waals surface area contributed by atoms with Crippen LogP contribution in [0.25, 0.3) is 10.9 Å². The first-order valence-electron chi connectivity index (χ1n) is 8.02. The smallest absolute Gasteiger partial charge is 0.119 e. The Morgan fingerprint density at radius 3 is 3.00 bits per heavy atom. The maximum atomic E-state index is 5.39. The average molecular weight is 284 g/mol. The van der Waals surface area contributed by atoms with Crippen LogP contribution in [0, 0.1) is 0 Å². The van der Waals surface area contributed by atoms with Gasteiger partial charge in [-0.3, -0.25) is 4.98 Å². The fourth-order valence-corrected chi connectivity index (χ4v) is 3.18. The van der Waals surface area contributed by atoms with Crippen molar-refractivity contribution in [2.45, 2.75) is 45.6 Å². The van der Waals surface area contributed by atoms with Gasteiger partial charge < -0.3 is 10.1 Å². The van der Waals surface area contributed by atoms with Gasteiger partial charge in [-0.25, -0.2) is 0 Å². The Kier molecular flexibility index (Phi) is 4.39. The van der Waals surface area contributed by atoms with E-state index in [4.69, 9.17) is 9.72 Å². The second-order valence-electron chi connectivity index (χ2n) is 5.78. The van der Waals surface area contributed by atoms with Crippen LogP contribution in [0.4, 0.5) is 0 Å². The minimum Gasteiger partial charge on any atom is -0.497 e. The Labute approximate surface area is 126 Å². The van der Waals surface area contributed by atoms with Crippen molar-refractivity contribution in [2.24, 2.45) is 0 Å². The van der Waals surface area contributed by atoms with Crippen LogP contribution in [0.2, 0.25) is 0 Å². The maximum Gasteiger partial charge on any atom is 0.119 e. The lowest BCUT2D eigenvalue weighted by atomic mass is 10.0. The minimum absolute atomic E-state index is 0.914. The lowest BCUT2D eigenvalue weighted by molar-refractivity contribution is 0.415. The molecule has 0 spiro atoms. The van der Waals surface area contributed by atoms with Crippen LogP contribution in [0.3, 0.4) is 0 Å². The summed E-state index contributed by atoms with van der Waals surface area (Å²) in [6, 6.07) is 6.23. The molecule has 0 saturated heterocycles. The van der Waals surface area contributed by atoms with Gasteiger partial charge in [-0.1, -0.05) is 13.3 Å². The first kappa shape index (κ1) is 14.3. The molecule has 1 N–H and O–H groups in total. The molecule has 3 rings (SSSR count). The lowest BCUT2D eigenvalue weighted by Gasteiger charge is -2.14. The Bertz CT molecular complexity index is 637. The van der Waals surface area contributed by atoms with E-state index in [1.54, 1.807) is 7.11 Å². The monoisotopic (exact) mass is 284 g/mol. The number of hydrogen-bond donors (Lipinski definition) is 1. The van der Waals surface area contributed by atoms with Crippen molar-refractivity contribution in [3.63, 3.8) is 0 Å². The van der Waals surface area contributed by atoms with E-state index in [1.165, 1.54) is 47.9 Å². The van der Waals surface area contributed by atoms with Gasteiger partial charge >= 0.3 is 0 Å². The summed E-state index contributed by atoms with van der Waals surface area (Å²) in [7, 11) is 1.72. The summed E-state index contributed by atoms with van der Waals surface area (Å²) >= 11 is 0. The van der Waals surface area contributed by atoms with Crippen molar-refractivity contribution in [1.29, 1.82) is 0 Å². The van der Waals surface area contributed by atoms with Crippen LogP contribution in [0.15, 0.2) is 18.2 Å². The molecular formula is C18H24N2O. The van der Waals surface area contributed by atoms with Gasteiger partial charge in [0.15, 0.2) is 0 Å². The molecule has 1 aromatic carbocycles. The average Bonchev–Trinajstić information content (AvgIpc) is 2.98. The van der Waals surface area contributed by atoms with Crippen LogP contribution in [0.5, 0.6) is 5.75 Å². The largest absolute Gasteiger partial charge is 0.497 e. The second-order valence-corrected chi connectivity index (χ2v) is 5.78. The van der Waals surface area contributed by atoms with Crippen molar-refractivity contribution in [3.05, 3.63) is 35.0 Å². The summed E-state index contributed by atoms with van der Waals surface area (Å²) in [4.78, 5) is 4.85. The van der Waals surface area contributed by atoms with Crippen molar-refractivity contribution < 1.29 is 4.74 Å². The Morgan fingerprint density at radius 2 is 2.19 bits per heavy atom. The molecule has 2 aromatic rings. The Morgan fingerprint density at radius 1 is 1.29 bits per heavy atom. The Balaban J connectivity index is 2.00. The highest BCUT2D eigenvalue weighted by Gasteiger charge is 2.19. The fourth-order valence-electron chi connectivity index (χ4n) is 3.18. The van der Waals surface area contributed by atoms with Crippen LogP contribution < -0.4 is 10.1 Å². The number of nitrogens with zero attached hydrogens (tertiary/aromatic N) is 1. The zero-order chi connectivity index (χ0) is 14.7. The third-order valence-electron chi connectivity index (χ3n) is 4.35. The molecule has 112 valence electrons. The van der Waals surface area contributed by atoms with E-state index in [-0.39, 0.29) is 0 Å². The highest BCUT2D eigenvalue weighted by atomic mass is 16.5. The predicted molar refractivity (Wildman–Crippen MR) is 86.9 cm³/mol. The number of benzene rings is 1. The molecule has 0 fully saturated rings. The number of rotatable bonds is 6. The Hall–Kier alpha value is -1.61. The predicted octanol–water partition coefficient (Wildman–Crippen LogP) is 3.62. The number of hydrogen-bond acceptors (Lipinski definition) is 3. The van der Waals surface area contributed by atoms with Gasteiger partial charge in [-0.05, 0) is 61.6 Å². The van der Waals surface area contributed by atoms with E-state index in [2.05, 4.69) is 24.4 Å². The third kappa shape index (κ3) is 2.88. The van der Waals surface area contributed by atoms with Gasteiger partial charge in [0, 0.05) is 17.6 Å². The molecule has 0 amide bonds. The van der Waals surface area contributed by atoms with Crippen molar-refractivity contribution in [2.75, 3.05) is 13.7 Å². The molecule has 0 aliphatic heterocycles. The summed E-state index contributed by atoms with van der Waals surface area (Å²) in [6.45, 7) is 4.25. The molecule has 0 radical (unpaired) electrons. The van der Waals surface area contributed by atoms with Gasteiger partial charge in [0.05, 0.1) is 12.6 Å². The van der Waals surface area contributed by atoms with Gasteiger partial charge in [-0.15, -0.1) is 0 Å². The molecule has 0 atom stereocenters. The summed E-state index contributed by atoms with van der Waals surface area (Å²) in [5.74, 6) is 0.914. The lowest BCUT2D eigenvalue weighted by Crippen LogP contribution is -2.16. The van der Waals surface area contributed by atoms with Gasteiger partial charge in [0.2, 0.25) is 0 Å². The first-order valence-corrected chi connectivity index (χ1v) is 8.02. The number of methoxy groups -OCH3 is 1. The molecule has 1 heterocycles. The van der Waals surface area contributed by atoms with Crippen LogP contribution in [-0.2, 0) is 19.4 Å². The van der Waals surface area contributed by atoms with Crippen LogP contribution >= 0.6 is 0 Å². The van der Waals surface area contributed by atoms with Gasteiger partial charge in [-0.2, -0.15) is 0 Å². The molecule has 3 heteroatoms. The maximum absolute atomic E-state index is 5.39. The highest BCUT2D eigenvalue weighted by molar-refractivity contribution is 5.85. The van der Waals surface area contributed by atoms with Crippen LogP contribution in [0.1, 0.15) is 43.0 Å². The number of aryl methyl sites for hydroxylation is 1. The summed E-state index contributed by atoms with van der Waals surface area (Å²) in [5, 5.41) is 4.84. The van der Waals surface area contributed by atoms with Crippen molar-refractivity contribution in [3.8, 4) is 5.75 Å². The van der Waals surface area contributed by atoms with E-state index in [9.17, 15) is 0 Å². The van der Waals surface area contributed by atoms with E-state index in [0.717, 1.165) is 30.8 Å². The van der Waals surface area contributed by atoms with Crippen molar-refractivity contribution in [1.82, 2.24) is 10.3 Å². The standard InChI is InChI=1S/C18H24N2O/c1-3-4-10-19-12-16-14-6-5-7-17(14)20-18-9-8-13(21-2)11-15(16)18/h8-9,11,19H,3-7,10,12H2,1-2H3. The summed E-state index contributed by atoms with van der Waals surface area (Å²) < 4.78 is 5.39. The number of fused-ring (bicyclic) bond motifs is 2. The fraction of sp³-hybridized carbons (Fsp3) is 0.500. The molecule has 0 saturated carbocycles. The van der Waals surface area contributed by atoms with Crippen LogP contribution in [-0.4, -0.2) is 18.6 Å². The quantitative estimate of drug-likeness (QED) is 0.823. The molecule has 0 unspecified atom stereocenters. The van der Waals surface area contributed by atoms with Crippen molar-refractivity contribution >= 4 is 10.9 Å². The zero-order valence-corrected chi connectivity index (χ0v) is 13.0. The molecular weight excluding hydrogens is 260 g/mol. The van der Waals surface area contributed by atoms with E-state index >= 15 is 0 Å². The number of unbranched alkanes of at least 4 members (excludes halogenated alkanes) is 1. The molecule has 21 heavy (non-hydrogen) atoms. The van der Waals surface area contributed by atoms with E-state index in [0.29, 0.717) is 0 Å². The number of aromatic nitrogens is 1. The normalized spacial score (nSPS) is 13.6. The first-order chi connectivity index (χ1) is 10.3. The molecule has 0 bridgehead atoms. The molecule has 1 aliphatic rings. The number of pyridine rings is 1. The summed E-state index contributed by atoms with van der Waals surface area (Å²) in [6.07, 6.45) is 5.99. The van der Waals surface area contributed by atoms with Gasteiger partial charge in [0.25, 0.3) is 0 Å². The SMILES string of the molecule is CCCCNCc1c2c(nc3ccc(OC)cc13)CCC2. The molecule has 1 aromatic heterocycles. The molecule has 1 aliphatic carbocycles. The summed E-state index contributed by atoms with van der Waals surface area (Å²) in [5.41, 5.74) is 5.31.